The van der Waals surface area contributed by atoms with Gasteiger partial charge in [-0.2, -0.15) is 0 Å². The van der Waals surface area contributed by atoms with E-state index >= 15 is 0 Å². The summed E-state index contributed by atoms with van der Waals surface area (Å²) in [6, 6.07) is 6.09. The quantitative estimate of drug-likeness (QED) is 0.813. The standard InChI is InChI=1S/C17H28N2O/c1-11(2)13-9-8-10-14(12(3)4)15(13)18-16(20)19-17(5,6)7/h8-12H,1-7H3,(H2,18,19,20). The van der Waals surface area contributed by atoms with E-state index in [1.54, 1.807) is 0 Å². The second-order valence-electron chi connectivity index (χ2n) is 6.95. The number of carbonyl (C=O) groups excluding carboxylic acids is 1. The maximum Gasteiger partial charge on any atom is 0.319 e. The Labute approximate surface area is 123 Å². The highest BCUT2D eigenvalue weighted by Gasteiger charge is 2.18. The summed E-state index contributed by atoms with van der Waals surface area (Å²) in [5.41, 5.74) is 3.08. The van der Waals surface area contributed by atoms with Gasteiger partial charge in [0.1, 0.15) is 0 Å². The van der Waals surface area contributed by atoms with Crippen LogP contribution in [0.4, 0.5) is 10.5 Å². The van der Waals surface area contributed by atoms with Crippen LogP contribution in [0.3, 0.4) is 0 Å². The van der Waals surface area contributed by atoms with Crippen molar-refractivity contribution in [2.45, 2.75) is 65.8 Å². The van der Waals surface area contributed by atoms with Crippen LogP contribution in [0.1, 0.15) is 71.4 Å². The Kier molecular flexibility index (Phi) is 5.21. The number of anilines is 1. The van der Waals surface area contributed by atoms with Crippen molar-refractivity contribution in [2.75, 3.05) is 5.32 Å². The first-order valence-corrected chi connectivity index (χ1v) is 7.33. The number of amides is 2. The molecule has 2 amide bonds. The van der Waals surface area contributed by atoms with E-state index in [4.69, 9.17) is 0 Å². The fourth-order valence-electron chi connectivity index (χ4n) is 2.18. The summed E-state index contributed by atoms with van der Waals surface area (Å²) in [5.74, 6) is 0.747. The largest absolute Gasteiger partial charge is 0.333 e. The lowest BCUT2D eigenvalue weighted by Crippen LogP contribution is -2.43. The smallest absolute Gasteiger partial charge is 0.319 e. The van der Waals surface area contributed by atoms with Crippen molar-refractivity contribution in [3.05, 3.63) is 29.3 Å². The molecule has 0 fully saturated rings. The van der Waals surface area contributed by atoms with Crippen molar-refractivity contribution < 1.29 is 4.79 Å². The molecule has 2 N–H and O–H groups in total. The SMILES string of the molecule is CC(C)c1cccc(C(C)C)c1NC(=O)NC(C)(C)C. The second-order valence-corrected chi connectivity index (χ2v) is 6.95. The third kappa shape index (κ3) is 4.55. The normalized spacial score (nSPS) is 11.8. The summed E-state index contributed by atoms with van der Waals surface area (Å²) in [6.45, 7) is 14.5. The Morgan fingerprint density at radius 2 is 1.45 bits per heavy atom. The Morgan fingerprint density at radius 1 is 1.00 bits per heavy atom. The van der Waals surface area contributed by atoms with Gasteiger partial charge in [0.15, 0.2) is 0 Å². The molecule has 0 unspecified atom stereocenters. The van der Waals surface area contributed by atoms with Gasteiger partial charge in [-0.25, -0.2) is 4.79 Å². The number of hydrogen-bond acceptors (Lipinski definition) is 1. The molecule has 112 valence electrons. The summed E-state index contributed by atoms with van der Waals surface area (Å²) >= 11 is 0. The second kappa shape index (κ2) is 6.29. The van der Waals surface area contributed by atoms with E-state index in [9.17, 15) is 4.79 Å². The van der Waals surface area contributed by atoms with Gasteiger partial charge in [0, 0.05) is 11.2 Å². The summed E-state index contributed by atoms with van der Waals surface area (Å²) in [6.07, 6.45) is 0. The van der Waals surface area contributed by atoms with Gasteiger partial charge >= 0.3 is 6.03 Å². The Bertz CT molecular complexity index is 444. The van der Waals surface area contributed by atoms with E-state index in [2.05, 4.69) is 56.5 Å². The van der Waals surface area contributed by atoms with E-state index in [0.29, 0.717) is 11.8 Å². The number of hydrogen-bond donors (Lipinski definition) is 2. The monoisotopic (exact) mass is 276 g/mol. The van der Waals surface area contributed by atoms with Gasteiger partial charge in [-0.15, -0.1) is 0 Å². The third-order valence-corrected chi connectivity index (χ3v) is 3.10. The van der Waals surface area contributed by atoms with Crippen molar-refractivity contribution in [2.24, 2.45) is 0 Å². The minimum Gasteiger partial charge on any atom is -0.333 e. The predicted molar refractivity (Wildman–Crippen MR) is 86.5 cm³/mol. The molecule has 0 aliphatic heterocycles. The fraction of sp³-hybridized carbons (Fsp3) is 0.588. The molecule has 0 bridgehead atoms. The molecule has 1 aromatic carbocycles. The van der Waals surface area contributed by atoms with Crippen LogP contribution in [0.5, 0.6) is 0 Å². The van der Waals surface area contributed by atoms with E-state index in [1.165, 1.54) is 11.1 Å². The molecule has 20 heavy (non-hydrogen) atoms. The Hall–Kier alpha value is -1.51. The topological polar surface area (TPSA) is 41.1 Å². The molecule has 1 aromatic rings. The van der Waals surface area contributed by atoms with Crippen molar-refractivity contribution in [3.8, 4) is 0 Å². The van der Waals surface area contributed by atoms with Crippen LogP contribution in [0, 0.1) is 0 Å². The lowest BCUT2D eigenvalue weighted by atomic mass is 9.93. The lowest BCUT2D eigenvalue weighted by Gasteiger charge is -2.24. The molecule has 0 spiro atoms. The van der Waals surface area contributed by atoms with Crippen LogP contribution >= 0.6 is 0 Å². The van der Waals surface area contributed by atoms with Gasteiger partial charge in [-0.1, -0.05) is 45.9 Å². The van der Waals surface area contributed by atoms with Crippen LogP contribution in [-0.4, -0.2) is 11.6 Å². The zero-order chi connectivity index (χ0) is 15.5. The summed E-state index contributed by atoms with van der Waals surface area (Å²) in [7, 11) is 0. The fourth-order valence-corrected chi connectivity index (χ4v) is 2.18. The highest BCUT2D eigenvalue weighted by molar-refractivity contribution is 5.91. The van der Waals surface area contributed by atoms with Crippen molar-refractivity contribution in [1.29, 1.82) is 0 Å². The van der Waals surface area contributed by atoms with Gasteiger partial charge in [0.25, 0.3) is 0 Å². The van der Waals surface area contributed by atoms with Gasteiger partial charge in [0.05, 0.1) is 0 Å². The van der Waals surface area contributed by atoms with Crippen LogP contribution in [0.25, 0.3) is 0 Å². The molecule has 3 heteroatoms. The molecular weight excluding hydrogens is 248 g/mol. The molecular formula is C17H28N2O. The minimum atomic E-state index is -0.241. The molecule has 0 saturated heterocycles. The number of nitrogens with one attached hydrogen (secondary N) is 2. The first-order chi connectivity index (χ1) is 9.11. The first-order valence-electron chi connectivity index (χ1n) is 7.33. The van der Waals surface area contributed by atoms with Crippen molar-refractivity contribution in [3.63, 3.8) is 0 Å². The third-order valence-electron chi connectivity index (χ3n) is 3.10. The molecule has 0 aromatic heterocycles. The van der Waals surface area contributed by atoms with Gasteiger partial charge in [0.2, 0.25) is 0 Å². The van der Waals surface area contributed by atoms with E-state index in [-0.39, 0.29) is 11.6 Å². The molecule has 0 atom stereocenters. The van der Waals surface area contributed by atoms with Crippen LogP contribution in [-0.2, 0) is 0 Å². The number of rotatable bonds is 3. The van der Waals surface area contributed by atoms with Gasteiger partial charge in [-0.3, -0.25) is 0 Å². The number of carbonyl (C=O) groups is 1. The molecule has 3 nitrogen and oxygen atoms in total. The Balaban J connectivity index is 3.11. The molecule has 1 rings (SSSR count). The number of benzene rings is 1. The predicted octanol–water partition coefficient (Wildman–Crippen LogP) is 4.85. The van der Waals surface area contributed by atoms with Crippen molar-refractivity contribution >= 4 is 11.7 Å². The first kappa shape index (κ1) is 16.5. The minimum absolute atomic E-state index is 0.146. The molecule has 0 aliphatic rings. The molecule has 0 aliphatic carbocycles. The average molecular weight is 276 g/mol. The summed E-state index contributed by atoms with van der Waals surface area (Å²) in [4.78, 5) is 12.2. The average Bonchev–Trinajstić information content (AvgIpc) is 2.25. The number of urea groups is 1. The van der Waals surface area contributed by atoms with Crippen LogP contribution < -0.4 is 10.6 Å². The highest BCUT2D eigenvalue weighted by atomic mass is 16.2. The Morgan fingerprint density at radius 3 is 1.80 bits per heavy atom. The zero-order valence-corrected chi connectivity index (χ0v) is 13.8. The summed E-state index contributed by atoms with van der Waals surface area (Å²) in [5, 5.41) is 6.00. The van der Waals surface area contributed by atoms with E-state index in [1.807, 2.05) is 20.8 Å². The summed E-state index contributed by atoms with van der Waals surface area (Å²) < 4.78 is 0. The van der Waals surface area contributed by atoms with Gasteiger partial charge < -0.3 is 10.6 Å². The van der Waals surface area contributed by atoms with Crippen molar-refractivity contribution in [1.82, 2.24) is 5.32 Å². The molecule has 0 saturated carbocycles. The number of para-hydroxylation sites is 1. The van der Waals surface area contributed by atoms with Gasteiger partial charge in [-0.05, 0) is 43.7 Å². The highest BCUT2D eigenvalue weighted by Crippen LogP contribution is 2.32. The molecule has 0 radical (unpaired) electrons. The molecule has 0 heterocycles. The van der Waals surface area contributed by atoms with E-state index < -0.39 is 0 Å². The van der Waals surface area contributed by atoms with Crippen LogP contribution in [0.15, 0.2) is 18.2 Å². The van der Waals surface area contributed by atoms with E-state index in [0.717, 1.165) is 5.69 Å². The maximum atomic E-state index is 12.2. The van der Waals surface area contributed by atoms with Crippen LogP contribution in [0.2, 0.25) is 0 Å². The zero-order valence-electron chi connectivity index (χ0n) is 13.8. The maximum absolute atomic E-state index is 12.2. The lowest BCUT2D eigenvalue weighted by molar-refractivity contribution is 0.243.